The van der Waals surface area contributed by atoms with Crippen molar-refractivity contribution < 1.29 is 24.2 Å². The molecule has 0 saturated heterocycles. The topological polar surface area (TPSA) is 111 Å². The quantitative estimate of drug-likeness (QED) is 0.366. The Hall–Kier alpha value is -2.77. The number of aliphatic imine (C=N–C) groups is 1. The highest BCUT2D eigenvalue weighted by Crippen LogP contribution is 2.10. The van der Waals surface area contributed by atoms with Crippen molar-refractivity contribution in [2.45, 2.75) is 6.42 Å². The van der Waals surface area contributed by atoms with Crippen molar-refractivity contribution in [1.82, 2.24) is 9.97 Å². The van der Waals surface area contributed by atoms with Crippen LogP contribution in [0.3, 0.4) is 0 Å². The summed E-state index contributed by atoms with van der Waals surface area (Å²) in [5, 5.41) is 9.74. The Labute approximate surface area is 114 Å². The maximum absolute atomic E-state index is 11.5. The average molecular weight is 279 g/mol. The van der Waals surface area contributed by atoms with Crippen LogP contribution in [0.1, 0.15) is 6.42 Å². The van der Waals surface area contributed by atoms with Crippen molar-refractivity contribution >= 4 is 24.0 Å². The SMILES string of the molecule is COC(=O)C/C(O)=C(/C=Nc1cnccn1)C(=O)OC. The minimum absolute atomic E-state index is 0.236. The molecule has 1 N–H and O–H groups in total. The Bertz CT molecular complexity index is 539. The molecular weight excluding hydrogens is 266 g/mol. The molecule has 0 aromatic carbocycles. The molecule has 1 rings (SSSR count). The first-order valence-electron chi connectivity index (χ1n) is 5.45. The molecule has 20 heavy (non-hydrogen) atoms. The first-order chi connectivity index (χ1) is 9.58. The molecule has 0 bridgehead atoms. The van der Waals surface area contributed by atoms with E-state index in [1.807, 2.05) is 0 Å². The molecular formula is C12H13N3O5. The maximum atomic E-state index is 11.5. The summed E-state index contributed by atoms with van der Waals surface area (Å²) in [5.41, 5.74) is -0.261. The van der Waals surface area contributed by atoms with Crippen molar-refractivity contribution in [3.05, 3.63) is 29.9 Å². The van der Waals surface area contributed by atoms with Gasteiger partial charge in [0.2, 0.25) is 0 Å². The van der Waals surface area contributed by atoms with Crippen LogP contribution < -0.4 is 0 Å². The molecule has 0 amide bonds. The van der Waals surface area contributed by atoms with E-state index in [9.17, 15) is 14.7 Å². The minimum atomic E-state index is -0.834. The molecule has 8 nitrogen and oxygen atoms in total. The van der Waals surface area contributed by atoms with Crippen molar-refractivity contribution in [3.63, 3.8) is 0 Å². The summed E-state index contributed by atoms with van der Waals surface area (Å²) in [6.07, 6.45) is 4.83. The first kappa shape index (κ1) is 15.3. The van der Waals surface area contributed by atoms with Crippen LogP contribution in [0.2, 0.25) is 0 Å². The van der Waals surface area contributed by atoms with Gasteiger partial charge in [0.05, 0.1) is 20.4 Å². The summed E-state index contributed by atoms with van der Waals surface area (Å²) in [6, 6.07) is 0. The lowest BCUT2D eigenvalue weighted by Gasteiger charge is -2.04. The Morgan fingerprint density at radius 3 is 2.65 bits per heavy atom. The van der Waals surface area contributed by atoms with E-state index in [-0.39, 0.29) is 11.4 Å². The van der Waals surface area contributed by atoms with Gasteiger partial charge in [-0.2, -0.15) is 0 Å². The first-order valence-corrected chi connectivity index (χ1v) is 5.45. The molecule has 0 saturated carbocycles. The summed E-state index contributed by atoms with van der Waals surface area (Å²) in [7, 11) is 2.31. The lowest BCUT2D eigenvalue weighted by atomic mass is 10.2. The second kappa shape index (κ2) is 7.62. The van der Waals surface area contributed by atoms with Gasteiger partial charge in [0.15, 0.2) is 5.82 Å². The van der Waals surface area contributed by atoms with Gasteiger partial charge in [-0.15, -0.1) is 0 Å². The molecule has 1 aromatic rings. The van der Waals surface area contributed by atoms with Crippen LogP contribution in [-0.4, -0.2) is 47.4 Å². The summed E-state index contributed by atoms with van der Waals surface area (Å²) in [6.45, 7) is 0. The number of aliphatic hydroxyl groups is 1. The highest BCUT2D eigenvalue weighted by Gasteiger charge is 2.17. The molecule has 0 spiro atoms. The van der Waals surface area contributed by atoms with E-state index in [2.05, 4.69) is 24.4 Å². The normalized spacial score (nSPS) is 11.9. The van der Waals surface area contributed by atoms with E-state index in [0.29, 0.717) is 0 Å². The van der Waals surface area contributed by atoms with Gasteiger partial charge in [0.1, 0.15) is 17.8 Å². The van der Waals surface area contributed by atoms with Crippen LogP contribution in [0.25, 0.3) is 0 Å². The summed E-state index contributed by atoms with van der Waals surface area (Å²) >= 11 is 0. The van der Waals surface area contributed by atoms with E-state index >= 15 is 0 Å². The van der Waals surface area contributed by atoms with Crippen LogP contribution in [0, 0.1) is 0 Å². The Balaban J connectivity index is 3.01. The highest BCUT2D eigenvalue weighted by atomic mass is 16.5. The Morgan fingerprint density at radius 1 is 1.35 bits per heavy atom. The number of carbonyl (C=O) groups excluding carboxylic acids is 2. The zero-order valence-electron chi connectivity index (χ0n) is 10.9. The van der Waals surface area contributed by atoms with Gasteiger partial charge in [-0.05, 0) is 0 Å². The molecule has 0 fully saturated rings. The number of rotatable bonds is 5. The molecule has 0 atom stereocenters. The summed E-state index contributed by atoms with van der Waals surface area (Å²) < 4.78 is 8.90. The molecule has 0 aliphatic carbocycles. The van der Waals surface area contributed by atoms with Crippen LogP contribution in [-0.2, 0) is 19.1 Å². The number of aromatic nitrogens is 2. The average Bonchev–Trinajstić information content (AvgIpc) is 2.47. The van der Waals surface area contributed by atoms with E-state index < -0.39 is 24.1 Å². The van der Waals surface area contributed by atoms with E-state index in [1.54, 1.807) is 0 Å². The second-order valence-corrected chi connectivity index (χ2v) is 3.43. The molecule has 0 aliphatic heterocycles. The van der Waals surface area contributed by atoms with Gasteiger partial charge >= 0.3 is 11.9 Å². The molecule has 1 heterocycles. The van der Waals surface area contributed by atoms with Gasteiger partial charge < -0.3 is 14.6 Å². The third kappa shape index (κ3) is 4.48. The van der Waals surface area contributed by atoms with Gasteiger partial charge in [-0.25, -0.2) is 14.8 Å². The molecule has 1 aromatic heterocycles. The number of hydrogen-bond acceptors (Lipinski definition) is 8. The lowest BCUT2D eigenvalue weighted by Crippen LogP contribution is -2.12. The zero-order valence-corrected chi connectivity index (χ0v) is 10.9. The zero-order chi connectivity index (χ0) is 15.0. The van der Waals surface area contributed by atoms with Crippen LogP contribution in [0.4, 0.5) is 5.82 Å². The fourth-order valence-electron chi connectivity index (χ4n) is 1.15. The highest BCUT2D eigenvalue weighted by molar-refractivity contribution is 6.10. The summed E-state index contributed by atoms with van der Waals surface area (Å²) in [4.78, 5) is 34.1. The van der Waals surface area contributed by atoms with Crippen molar-refractivity contribution in [2.24, 2.45) is 4.99 Å². The maximum Gasteiger partial charge on any atom is 0.342 e. The standard InChI is InChI=1S/C12H13N3O5/c1-19-11(17)5-9(16)8(12(18)20-2)6-15-10-7-13-3-4-14-10/h3-4,6-7,16H,5H2,1-2H3/b9-8+,15-6?. The van der Waals surface area contributed by atoms with E-state index in [1.165, 1.54) is 25.7 Å². The largest absolute Gasteiger partial charge is 0.511 e. The third-order valence-corrected chi connectivity index (χ3v) is 2.13. The van der Waals surface area contributed by atoms with Gasteiger partial charge in [0, 0.05) is 18.6 Å². The van der Waals surface area contributed by atoms with Crippen LogP contribution >= 0.6 is 0 Å². The third-order valence-electron chi connectivity index (χ3n) is 2.13. The summed E-state index contributed by atoms with van der Waals surface area (Å²) in [5.74, 6) is -1.80. The van der Waals surface area contributed by atoms with Gasteiger partial charge in [-0.1, -0.05) is 0 Å². The lowest BCUT2D eigenvalue weighted by molar-refractivity contribution is -0.140. The number of ether oxygens (including phenoxy) is 2. The predicted molar refractivity (Wildman–Crippen MR) is 68.5 cm³/mol. The molecule has 0 radical (unpaired) electrons. The number of aliphatic hydroxyl groups excluding tert-OH is 1. The minimum Gasteiger partial charge on any atom is -0.511 e. The van der Waals surface area contributed by atoms with E-state index in [0.717, 1.165) is 13.3 Å². The molecule has 8 heteroatoms. The van der Waals surface area contributed by atoms with Crippen LogP contribution in [0.5, 0.6) is 0 Å². The van der Waals surface area contributed by atoms with Crippen molar-refractivity contribution in [1.29, 1.82) is 0 Å². The van der Waals surface area contributed by atoms with Gasteiger partial charge in [0.25, 0.3) is 0 Å². The smallest absolute Gasteiger partial charge is 0.342 e. The second-order valence-electron chi connectivity index (χ2n) is 3.43. The number of esters is 2. The molecule has 0 aliphatic rings. The fraction of sp³-hybridized carbons (Fsp3) is 0.250. The van der Waals surface area contributed by atoms with Crippen molar-refractivity contribution in [3.8, 4) is 0 Å². The number of nitrogens with zero attached hydrogens (tertiary/aromatic N) is 3. The van der Waals surface area contributed by atoms with E-state index in [4.69, 9.17) is 0 Å². The number of hydrogen-bond donors (Lipinski definition) is 1. The van der Waals surface area contributed by atoms with Crippen LogP contribution in [0.15, 0.2) is 34.9 Å². The monoisotopic (exact) mass is 279 g/mol. The van der Waals surface area contributed by atoms with Crippen molar-refractivity contribution in [2.75, 3.05) is 14.2 Å². The Kier molecular flexibility index (Phi) is 5.82. The number of carbonyl (C=O) groups is 2. The Morgan fingerprint density at radius 2 is 2.10 bits per heavy atom. The molecule has 106 valence electrons. The number of methoxy groups -OCH3 is 2. The van der Waals surface area contributed by atoms with Gasteiger partial charge in [-0.3, -0.25) is 9.78 Å². The molecule has 0 unspecified atom stereocenters. The predicted octanol–water partition coefficient (Wildman–Crippen LogP) is 0.727. The fourth-order valence-corrected chi connectivity index (χ4v) is 1.15.